The third kappa shape index (κ3) is 8.59. The van der Waals surface area contributed by atoms with Crippen LogP contribution in [0.15, 0.2) is 24.4 Å². The van der Waals surface area contributed by atoms with Crippen molar-refractivity contribution in [1.82, 2.24) is 4.98 Å². The number of hydrogen-bond acceptors (Lipinski definition) is 3. The fourth-order valence-electron chi connectivity index (χ4n) is 0.758. The lowest BCUT2D eigenvalue weighted by Crippen LogP contribution is -1.97. The molecular formula is C11H15NO2. The fraction of sp³-hybridized carbons (Fsp3) is 0.364. The Balaban J connectivity index is 0.000000364. The van der Waals surface area contributed by atoms with E-state index in [0.717, 1.165) is 5.69 Å². The summed E-state index contributed by atoms with van der Waals surface area (Å²) in [5.74, 6) is 0.318. The summed E-state index contributed by atoms with van der Waals surface area (Å²) in [4.78, 5) is 24.0. The molecule has 3 nitrogen and oxygen atoms in total. The van der Waals surface area contributed by atoms with Crippen LogP contribution < -0.4 is 0 Å². The van der Waals surface area contributed by atoms with Gasteiger partial charge in [-0.1, -0.05) is 6.07 Å². The SMILES string of the molecule is CC(=O)Cc1ccccn1.CC(C)=O. The van der Waals surface area contributed by atoms with Gasteiger partial charge in [0.15, 0.2) is 0 Å². The molecule has 0 saturated heterocycles. The predicted octanol–water partition coefficient (Wildman–Crippen LogP) is 1.81. The summed E-state index contributed by atoms with van der Waals surface area (Å²) in [6.07, 6.45) is 2.14. The van der Waals surface area contributed by atoms with Crippen LogP contribution in [0.5, 0.6) is 0 Å². The predicted molar refractivity (Wildman–Crippen MR) is 55.0 cm³/mol. The molecule has 1 aromatic rings. The van der Waals surface area contributed by atoms with E-state index in [-0.39, 0.29) is 11.6 Å². The first-order valence-electron chi connectivity index (χ1n) is 4.39. The average Bonchev–Trinajstić information content (AvgIpc) is 2.03. The van der Waals surface area contributed by atoms with Gasteiger partial charge in [0.05, 0.1) is 0 Å². The molecule has 1 heterocycles. The second-order valence-electron chi connectivity index (χ2n) is 3.11. The van der Waals surface area contributed by atoms with E-state index in [4.69, 9.17) is 0 Å². The first kappa shape index (κ1) is 12.5. The minimum Gasteiger partial charge on any atom is -0.300 e. The van der Waals surface area contributed by atoms with Gasteiger partial charge in [-0.05, 0) is 32.9 Å². The van der Waals surface area contributed by atoms with Crippen molar-refractivity contribution in [3.63, 3.8) is 0 Å². The highest BCUT2D eigenvalue weighted by molar-refractivity contribution is 5.77. The Bertz CT molecular complexity index is 289. The van der Waals surface area contributed by atoms with Gasteiger partial charge in [-0.15, -0.1) is 0 Å². The van der Waals surface area contributed by atoms with Gasteiger partial charge in [-0.2, -0.15) is 0 Å². The molecule has 0 aromatic carbocycles. The first-order chi connectivity index (χ1) is 6.52. The lowest BCUT2D eigenvalue weighted by molar-refractivity contribution is -0.116. The van der Waals surface area contributed by atoms with Gasteiger partial charge in [0.2, 0.25) is 0 Å². The second-order valence-corrected chi connectivity index (χ2v) is 3.11. The van der Waals surface area contributed by atoms with E-state index in [0.29, 0.717) is 6.42 Å². The van der Waals surface area contributed by atoms with Crippen molar-refractivity contribution >= 4 is 11.6 Å². The second kappa shape index (κ2) is 6.95. The molecule has 1 aromatic heterocycles. The molecule has 0 amide bonds. The zero-order valence-electron chi connectivity index (χ0n) is 8.78. The molecule has 0 fully saturated rings. The summed E-state index contributed by atoms with van der Waals surface area (Å²) in [5, 5.41) is 0. The normalized spacial score (nSPS) is 8.50. The van der Waals surface area contributed by atoms with Gasteiger partial charge in [0.25, 0.3) is 0 Å². The van der Waals surface area contributed by atoms with Crippen molar-refractivity contribution in [2.45, 2.75) is 27.2 Å². The summed E-state index contributed by atoms with van der Waals surface area (Å²) in [6.45, 7) is 4.62. The van der Waals surface area contributed by atoms with Crippen LogP contribution in [-0.2, 0) is 16.0 Å². The third-order valence-corrected chi connectivity index (χ3v) is 1.16. The highest BCUT2D eigenvalue weighted by Gasteiger charge is 1.95. The molecule has 0 saturated carbocycles. The van der Waals surface area contributed by atoms with Gasteiger partial charge < -0.3 is 4.79 Å². The van der Waals surface area contributed by atoms with Crippen molar-refractivity contribution in [3.8, 4) is 0 Å². The van der Waals surface area contributed by atoms with Crippen molar-refractivity contribution < 1.29 is 9.59 Å². The number of hydrogen-bond donors (Lipinski definition) is 0. The molecule has 0 bridgehead atoms. The van der Waals surface area contributed by atoms with Crippen LogP contribution in [0.2, 0.25) is 0 Å². The Kier molecular flexibility index (Phi) is 6.20. The largest absolute Gasteiger partial charge is 0.300 e. The van der Waals surface area contributed by atoms with E-state index in [1.165, 1.54) is 13.8 Å². The Morgan fingerprint density at radius 2 is 1.79 bits per heavy atom. The van der Waals surface area contributed by atoms with Gasteiger partial charge in [-0.25, -0.2) is 0 Å². The van der Waals surface area contributed by atoms with E-state index in [2.05, 4.69) is 4.98 Å². The highest BCUT2D eigenvalue weighted by Crippen LogP contribution is 1.94. The summed E-state index contributed by atoms with van der Waals surface area (Å²) < 4.78 is 0. The molecule has 1 rings (SSSR count). The molecule has 0 N–H and O–H groups in total. The maximum absolute atomic E-state index is 10.6. The number of carbonyl (C=O) groups is 2. The molecule has 76 valence electrons. The van der Waals surface area contributed by atoms with Crippen molar-refractivity contribution in [3.05, 3.63) is 30.1 Å². The van der Waals surface area contributed by atoms with Crippen molar-refractivity contribution in [2.24, 2.45) is 0 Å². The Morgan fingerprint density at radius 1 is 1.21 bits per heavy atom. The molecule has 0 aliphatic heterocycles. The molecule has 0 aliphatic carbocycles. The lowest BCUT2D eigenvalue weighted by Gasteiger charge is -1.92. The van der Waals surface area contributed by atoms with Crippen LogP contribution >= 0.6 is 0 Å². The molecule has 0 aliphatic rings. The molecule has 0 atom stereocenters. The van der Waals surface area contributed by atoms with Gasteiger partial charge in [0.1, 0.15) is 11.6 Å². The smallest absolute Gasteiger partial charge is 0.135 e. The quantitative estimate of drug-likeness (QED) is 0.719. The molecule has 0 unspecified atom stereocenters. The Labute approximate surface area is 84.2 Å². The first-order valence-corrected chi connectivity index (χ1v) is 4.39. The van der Waals surface area contributed by atoms with E-state index < -0.39 is 0 Å². The van der Waals surface area contributed by atoms with Crippen LogP contribution in [0.25, 0.3) is 0 Å². The van der Waals surface area contributed by atoms with Crippen molar-refractivity contribution in [2.75, 3.05) is 0 Å². The zero-order valence-corrected chi connectivity index (χ0v) is 8.78. The molecule has 14 heavy (non-hydrogen) atoms. The number of nitrogens with zero attached hydrogens (tertiary/aromatic N) is 1. The topological polar surface area (TPSA) is 47.0 Å². The molecule has 0 spiro atoms. The molecular weight excluding hydrogens is 178 g/mol. The van der Waals surface area contributed by atoms with Crippen LogP contribution in [0.4, 0.5) is 0 Å². The summed E-state index contributed by atoms with van der Waals surface area (Å²) in [5.41, 5.74) is 0.843. The Morgan fingerprint density at radius 3 is 2.14 bits per heavy atom. The number of carbonyl (C=O) groups excluding carboxylic acids is 2. The summed E-state index contributed by atoms with van der Waals surface area (Å²) >= 11 is 0. The minimum atomic E-state index is 0.152. The number of pyridine rings is 1. The van der Waals surface area contributed by atoms with Gasteiger partial charge >= 0.3 is 0 Å². The number of ketones is 2. The van der Waals surface area contributed by atoms with Crippen LogP contribution in [0, 0.1) is 0 Å². The standard InChI is InChI=1S/C8H9NO.C3H6O/c1-7(10)6-8-4-2-3-5-9-8;1-3(2)4/h2-5H,6H2,1H3;1-2H3. The van der Waals surface area contributed by atoms with E-state index in [1.807, 2.05) is 18.2 Å². The molecule has 0 radical (unpaired) electrons. The maximum Gasteiger partial charge on any atom is 0.135 e. The Hall–Kier alpha value is -1.51. The number of aromatic nitrogens is 1. The van der Waals surface area contributed by atoms with Crippen LogP contribution in [-0.4, -0.2) is 16.6 Å². The maximum atomic E-state index is 10.6. The van der Waals surface area contributed by atoms with Gasteiger partial charge in [0, 0.05) is 18.3 Å². The average molecular weight is 193 g/mol. The van der Waals surface area contributed by atoms with E-state index in [1.54, 1.807) is 13.1 Å². The minimum absolute atomic E-state index is 0.152. The van der Waals surface area contributed by atoms with Crippen LogP contribution in [0.1, 0.15) is 26.5 Å². The highest BCUT2D eigenvalue weighted by atomic mass is 16.1. The summed E-state index contributed by atoms with van der Waals surface area (Å²) in [6, 6.07) is 5.57. The van der Waals surface area contributed by atoms with Gasteiger partial charge in [-0.3, -0.25) is 9.78 Å². The van der Waals surface area contributed by atoms with E-state index >= 15 is 0 Å². The zero-order chi connectivity index (χ0) is 11.0. The fourth-order valence-corrected chi connectivity index (χ4v) is 0.758. The number of Topliss-reactive ketones (excluding diaryl/α,β-unsaturated/α-hetero) is 2. The van der Waals surface area contributed by atoms with Crippen LogP contribution in [0.3, 0.4) is 0 Å². The number of rotatable bonds is 2. The lowest BCUT2D eigenvalue weighted by atomic mass is 10.2. The van der Waals surface area contributed by atoms with Crippen molar-refractivity contribution in [1.29, 1.82) is 0 Å². The third-order valence-electron chi connectivity index (χ3n) is 1.16. The van der Waals surface area contributed by atoms with E-state index in [9.17, 15) is 9.59 Å². The molecule has 3 heteroatoms. The summed E-state index contributed by atoms with van der Waals surface area (Å²) in [7, 11) is 0. The monoisotopic (exact) mass is 193 g/mol.